The molecular formula is C5H6Br2N2O. The largest absolute Gasteiger partial charge is 0.276 e. The van der Waals surface area contributed by atoms with Crippen molar-refractivity contribution in [1.82, 2.24) is 5.01 Å². The minimum absolute atomic E-state index is 0.0926. The van der Waals surface area contributed by atoms with Crippen molar-refractivity contribution < 1.29 is 4.79 Å². The van der Waals surface area contributed by atoms with Crippen LogP contribution in [-0.2, 0) is 4.79 Å². The second-order valence-corrected chi connectivity index (χ2v) is 5.53. The highest BCUT2D eigenvalue weighted by Crippen LogP contribution is 2.34. The first-order valence-electron chi connectivity index (χ1n) is 2.68. The molecule has 0 saturated carbocycles. The number of alkyl halides is 2. The van der Waals surface area contributed by atoms with Crippen molar-refractivity contribution >= 4 is 43.5 Å². The Morgan fingerprint density at radius 2 is 2.10 bits per heavy atom. The van der Waals surface area contributed by atoms with Gasteiger partial charge in [0.25, 0.3) is 5.91 Å². The van der Waals surface area contributed by atoms with Gasteiger partial charge in [-0.2, -0.15) is 5.10 Å². The van der Waals surface area contributed by atoms with Gasteiger partial charge in [0.1, 0.15) is 0 Å². The minimum atomic E-state index is -0.755. The highest BCUT2D eigenvalue weighted by atomic mass is 79.9. The molecule has 1 amide bonds. The fraction of sp³-hybridized carbons (Fsp3) is 0.600. The zero-order valence-electron chi connectivity index (χ0n) is 5.56. The maximum absolute atomic E-state index is 11.2. The highest BCUT2D eigenvalue weighted by Gasteiger charge is 2.43. The second kappa shape index (κ2) is 2.30. The molecule has 0 aliphatic carbocycles. The van der Waals surface area contributed by atoms with E-state index in [-0.39, 0.29) is 5.91 Å². The van der Waals surface area contributed by atoms with Crippen LogP contribution in [0.1, 0.15) is 6.92 Å². The van der Waals surface area contributed by atoms with Crippen molar-refractivity contribution in [2.24, 2.45) is 5.10 Å². The van der Waals surface area contributed by atoms with E-state index < -0.39 is 3.23 Å². The van der Waals surface area contributed by atoms with Gasteiger partial charge in [0.05, 0.1) is 5.71 Å². The Hall–Kier alpha value is 0.1000. The molecule has 0 aromatic carbocycles. The number of carbonyl (C=O) groups is 1. The summed E-state index contributed by atoms with van der Waals surface area (Å²) in [5, 5.41) is 5.23. The van der Waals surface area contributed by atoms with Crippen LogP contribution in [0.4, 0.5) is 0 Å². The second-order valence-electron chi connectivity index (χ2n) is 2.09. The summed E-state index contributed by atoms with van der Waals surface area (Å²) in [6.45, 7) is 1.78. The van der Waals surface area contributed by atoms with Crippen LogP contribution in [0, 0.1) is 0 Å². The van der Waals surface area contributed by atoms with Gasteiger partial charge >= 0.3 is 0 Å². The van der Waals surface area contributed by atoms with Crippen molar-refractivity contribution in [2.45, 2.75) is 10.2 Å². The van der Waals surface area contributed by atoms with Gasteiger partial charge in [-0.25, -0.2) is 5.01 Å². The number of halogens is 2. The van der Waals surface area contributed by atoms with Gasteiger partial charge in [0.15, 0.2) is 3.23 Å². The zero-order chi connectivity index (χ0) is 7.94. The Balaban J connectivity index is 3.00. The topological polar surface area (TPSA) is 32.7 Å². The third-order valence-corrected chi connectivity index (χ3v) is 3.14. The van der Waals surface area contributed by atoms with Crippen LogP contribution >= 0.6 is 31.9 Å². The number of amides is 1. The van der Waals surface area contributed by atoms with Gasteiger partial charge in [-0.3, -0.25) is 4.79 Å². The van der Waals surface area contributed by atoms with E-state index in [0.717, 1.165) is 5.71 Å². The molecule has 0 saturated heterocycles. The molecule has 0 N–H and O–H groups in total. The van der Waals surface area contributed by atoms with E-state index in [1.165, 1.54) is 5.01 Å². The number of rotatable bonds is 0. The molecule has 0 aromatic heterocycles. The summed E-state index contributed by atoms with van der Waals surface area (Å²) < 4.78 is -0.755. The Morgan fingerprint density at radius 3 is 2.20 bits per heavy atom. The van der Waals surface area contributed by atoms with E-state index in [0.29, 0.717) is 0 Å². The first-order chi connectivity index (χ1) is 4.46. The molecule has 0 atom stereocenters. The van der Waals surface area contributed by atoms with Crippen LogP contribution in [0.2, 0.25) is 0 Å². The first kappa shape index (κ1) is 8.20. The van der Waals surface area contributed by atoms with Crippen LogP contribution < -0.4 is 0 Å². The summed E-state index contributed by atoms with van der Waals surface area (Å²) in [7, 11) is 1.62. The van der Waals surface area contributed by atoms with Crippen LogP contribution in [0.3, 0.4) is 0 Å². The quantitative estimate of drug-likeness (QED) is 0.611. The SMILES string of the molecule is CC1=NN(C)C(=O)C1(Br)Br. The Labute approximate surface area is 75.7 Å². The van der Waals surface area contributed by atoms with Gasteiger partial charge in [0.2, 0.25) is 0 Å². The van der Waals surface area contributed by atoms with Gasteiger partial charge in [-0.15, -0.1) is 0 Å². The van der Waals surface area contributed by atoms with Crippen molar-refractivity contribution in [3.63, 3.8) is 0 Å². The fourth-order valence-electron chi connectivity index (χ4n) is 0.691. The lowest BCUT2D eigenvalue weighted by molar-refractivity contribution is -0.127. The summed E-state index contributed by atoms with van der Waals surface area (Å²) in [5.41, 5.74) is 0.722. The van der Waals surface area contributed by atoms with E-state index in [2.05, 4.69) is 37.0 Å². The standard InChI is InChI=1S/C5H6Br2N2O/c1-3-5(6,7)4(10)9(2)8-3/h1-2H3. The third-order valence-electron chi connectivity index (χ3n) is 1.32. The molecule has 1 heterocycles. The Morgan fingerprint density at radius 1 is 1.60 bits per heavy atom. The molecule has 1 aliphatic heterocycles. The molecule has 0 unspecified atom stereocenters. The summed E-state index contributed by atoms with van der Waals surface area (Å²) in [5.74, 6) is -0.0926. The third kappa shape index (κ3) is 1.01. The minimum Gasteiger partial charge on any atom is -0.270 e. The van der Waals surface area contributed by atoms with Crippen molar-refractivity contribution in [3.05, 3.63) is 0 Å². The van der Waals surface area contributed by atoms with Crippen LogP contribution in [-0.4, -0.2) is 26.9 Å². The lowest BCUT2D eigenvalue weighted by Gasteiger charge is -2.10. The number of hydrazone groups is 1. The molecule has 1 aliphatic rings. The average molecular weight is 270 g/mol. The van der Waals surface area contributed by atoms with Gasteiger partial charge in [-0.1, -0.05) is 31.9 Å². The van der Waals surface area contributed by atoms with E-state index >= 15 is 0 Å². The van der Waals surface area contributed by atoms with E-state index in [1.54, 1.807) is 14.0 Å². The number of carbonyl (C=O) groups excluding carboxylic acids is 1. The van der Waals surface area contributed by atoms with E-state index in [9.17, 15) is 4.79 Å². The molecule has 1 rings (SSSR count). The molecule has 5 heteroatoms. The maximum atomic E-state index is 11.2. The predicted molar refractivity (Wildman–Crippen MR) is 46.5 cm³/mol. The molecule has 0 aromatic rings. The number of nitrogens with zero attached hydrogens (tertiary/aromatic N) is 2. The van der Waals surface area contributed by atoms with E-state index in [1.807, 2.05) is 0 Å². The smallest absolute Gasteiger partial charge is 0.270 e. The highest BCUT2D eigenvalue weighted by molar-refractivity contribution is 9.26. The van der Waals surface area contributed by atoms with E-state index in [4.69, 9.17) is 0 Å². The maximum Gasteiger partial charge on any atom is 0.276 e. The number of hydrogen-bond acceptors (Lipinski definition) is 2. The lowest BCUT2D eigenvalue weighted by atomic mass is 10.3. The van der Waals surface area contributed by atoms with Crippen molar-refractivity contribution in [2.75, 3.05) is 7.05 Å². The predicted octanol–water partition coefficient (Wildman–Crippen LogP) is 1.32. The Kier molecular flexibility index (Phi) is 1.89. The molecule has 0 radical (unpaired) electrons. The molecule has 0 fully saturated rings. The van der Waals surface area contributed by atoms with Gasteiger partial charge in [0, 0.05) is 7.05 Å². The summed E-state index contributed by atoms with van der Waals surface area (Å²) >= 11 is 6.42. The zero-order valence-corrected chi connectivity index (χ0v) is 8.73. The summed E-state index contributed by atoms with van der Waals surface area (Å²) in [6.07, 6.45) is 0. The Bertz CT molecular complexity index is 212. The molecule has 10 heavy (non-hydrogen) atoms. The average Bonchev–Trinajstić information content (AvgIpc) is 1.97. The molecule has 3 nitrogen and oxygen atoms in total. The molecular weight excluding hydrogens is 264 g/mol. The number of hydrogen-bond donors (Lipinski definition) is 0. The summed E-state index contributed by atoms with van der Waals surface area (Å²) in [6, 6.07) is 0. The fourth-order valence-corrected chi connectivity index (χ4v) is 1.36. The van der Waals surface area contributed by atoms with Crippen LogP contribution in [0.15, 0.2) is 5.10 Å². The molecule has 0 spiro atoms. The monoisotopic (exact) mass is 268 g/mol. The van der Waals surface area contributed by atoms with Crippen LogP contribution in [0.5, 0.6) is 0 Å². The first-order valence-corrected chi connectivity index (χ1v) is 4.26. The summed E-state index contributed by atoms with van der Waals surface area (Å²) in [4.78, 5) is 11.2. The van der Waals surface area contributed by atoms with Gasteiger partial charge in [-0.05, 0) is 6.92 Å². The van der Waals surface area contributed by atoms with Crippen molar-refractivity contribution in [1.29, 1.82) is 0 Å². The van der Waals surface area contributed by atoms with Crippen LogP contribution in [0.25, 0.3) is 0 Å². The normalized spacial score (nSPS) is 23.4. The van der Waals surface area contributed by atoms with Crippen molar-refractivity contribution in [3.8, 4) is 0 Å². The molecule has 0 bridgehead atoms. The lowest BCUT2D eigenvalue weighted by Crippen LogP contribution is -2.32. The van der Waals surface area contributed by atoms with Gasteiger partial charge < -0.3 is 0 Å². The molecule has 56 valence electrons.